The second-order valence-corrected chi connectivity index (χ2v) is 6.18. The Morgan fingerprint density at radius 3 is 2.32 bits per heavy atom. The van der Waals surface area contributed by atoms with Gasteiger partial charge in [-0.15, -0.1) is 0 Å². The first-order valence-corrected chi connectivity index (χ1v) is 8.33. The minimum Gasteiger partial charge on any atom is -0.353 e. The molecule has 108 valence electrons. The predicted molar refractivity (Wildman–Crippen MR) is 82.3 cm³/mol. The van der Waals surface area contributed by atoms with Crippen LogP contribution in [0.1, 0.15) is 78.6 Å². The zero-order valence-corrected chi connectivity index (χ0v) is 13.0. The molecular weight excluding hydrogens is 232 g/mol. The van der Waals surface area contributed by atoms with Crippen molar-refractivity contribution < 1.29 is 4.74 Å². The second kappa shape index (κ2) is 6.26. The molecule has 0 saturated carbocycles. The van der Waals surface area contributed by atoms with E-state index in [0.717, 1.165) is 0 Å². The molecule has 1 nitrogen and oxygen atoms in total. The first kappa shape index (κ1) is 14.8. The second-order valence-electron chi connectivity index (χ2n) is 6.18. The summed E-state index contributed by atoms with van der Waals surface area (Å²) in [6.07, 6.45) is 18.2. The van der Waals surface area contributed by atoms with Gasteiger partial charge >= 0.3 is 0 Å². The lowest BCUT2D eigenvalue weighted by Gasteiger charge is -2.23. The van der Waals surface area contributed by atoms with Crippen LogP contribution >= 0.6 is 0 Å². The van der Waals surface area contributed by atoms with Gasteiger partial charge in [0.15, 0.2) is 0 Å². The van der Waals surface area contributed by atoms with Crippen LogP contribution in [0.2, 0.25) is 0 Å². The van der Waals surface area contributed by atoms with Crippen LogP contribution in [-0.4, -0.2) is 11.2 Å². The fraction of sp³-hybridized carbons (Fsp3) is 0.778. The third-order valence-electron chi connectivity index (χ3n) is 4.76. The maximum absolute atomic E-state index is 6.41. The number of hydrogen-bond acceptors (Lipinski definition) is 1. The van der Waals surface area contributed by atoms with Crippen molar-refractivity contribution in [1.82, 2.24) is 0 Å². The van der Waals surface area contributed by atoms with Crippen LogP contribution < -0.4 is 0 Å². The molecule has 1 fully saturated rings. The minimum absolute atomic E-state index is 0.0655. The van der Waals surface area contributed by atoms with Gasteiger partial charge in [-0.25, -0.2) is 0 Å². The average molecular weight is 262 g/mol. The van der Waals surface area contributed by atoms with E-state index in [4.69, 9.17) is 4.74 Å². The number of rotatable bonds is 9. The van der Waals surface area contributed by atoms with Crippen molar-refractivity contribution in [3.05, 3.63) is 23.8 Å². The summed E-state index contributed by atoms with van der Waals surface area (Å²) >= 11 is 0. The van der Waals surface area contributed by atoms with Crippen LogP contribution in [0.3, 0.4) is 0 Å². The fourth-order valence-corrected chi connectivity index (χ4v) is 3.52. The molecule has 1 saturated heterocycles. The Labute approximate surface area is 119 Å². The van der Waals surface area contributed by atoms with E-state index < -0.39 is 0 Å². The lowest BCUT2D eigenvalue weighted by molar-refractivity contribution is 0.278. The molecule has 0 aromatic carbocycles. The Morgan fingerprint density at radius 2 is 1.63 bits per heavy atom. The SMILES string of the molecule is CCCCC1=CC=CC2(CCCC)OC12CCCC. The summed E-state index contributed by atoms with van der Waals surface area (Å²) in [5.41, 5.74) is 1.72. The van der Waals surface area contributed by atoms with Crippen molar-refractivity contribution in [2.24, 2.45) is 0 Å². The largest absolute Gasteiger partial charge is 0.353 e. The summed E-state index contributed by atoms with van der Waals surface area (Å²) in [6.45, 7) is 6.82. The highest BCUT2D eigenvalue weighted by Gasteiger charge is 2.69. The van der Waals surface area contributed by atoms with Crippen molar-refractivity contribution in [3.63, 3.8) is 0 Å². The molecule has 1 heteroatoms. The van der Waals surface area contributed by atoms with Gasteiger partial charge in [0.05, 0.1) is 0 Å². The van der Waals surface area contributed by atoms with E-state index in [2.05, 4.69) is 39.0 Å². The molecule has 0 N–H and O–H groups in total. The maximum Gasteiger partial charge on any atom is 0.123 e. The lowest BCUT2D eigenvalue weighted by Crippen LogP contribution is -2.29. The van der Waals surface area contributed by atoms with Crippen LogP contribution in [0.25, 0.3) is 0 Å². The fourth-order valence-electron chi connectivity index (χ4n) is 3.52. The van der Waals surface area contributed by atoms with Crippen LogP contribution in [0.5, 0.6) is 0 Å². The monoisotopic (exact) mass is 262 g/mol. The molecule has 1 aliphatic heterocycles. The Morgan fingerprint density at radius 1 is 0.947 bits per heavy atom. The molecule has 0 bridgehead atoms. The summed E-state index contributed by atoms with van der Waals surface area (Å²) in [4.78, 5) is 0. The van der Waals surface area contributed by atoms with E-state index in [0.29, 0.717) is 0 Å². The van der Waals surface area contributed by atoms with Gasteiger partial charge < -0.3 is 4.74 Å². The van der Waals surface area contributed by atoms with Crippen molar-refractivity contribution in [1.29, 1.82) is 0 Å². The molecule has 0 radical (unpaired) electrons. The average Bonchev–Trinajstić information content (AvgIpc) is 3.10. The van der Waals surface area contributed by atoms with Crippen molar-refractivity contribution in [2.45, 2.75) is 89.8 Å². The molecule has 0 aromatic rings. The van der Waals surface area contributed by atoms with E-state index in [1.807, 2.05) is 0 Å². The molecule has 1 aliphatic carbocycles. The topological polar surface area (TPSA) is 12.5 Å². The van der Waals surface area contributed by atoms with Crippen molar-refractivity contribution in [3.8, 4) is 0 Å². The minimum atomic E-state index is 0.0655. The quantitative estimate of drug-likeness (QED) is 0.495. The van der Waals surface area contributed by atoms with Gasteiger partial charge in [0, 0.05) is 0 Å². The van der Waals surface area contributed by atoms with Gasteiger partial charge in [0.25, 0.3) is 0 Å². The molecule has 2 aliphatic rings. The lowest BCUT2D eigenvalue weighted by atomic mass is 9.75. The number of ether oxygens (including phenoxy) is 1. The number of fused-ring (bicyclic) bond motifs is 1. The molecule has 19 heavy (non-hydrogen) atoms. The number of allylic oxidation sites excluding steroid dienone is 2. The predicted octanol–water partition coefficient (Wildman–Crippen LogP) is 5.56. The molecule has 2 atom stereocenters. The normalized spacial score (nSPS) is 32.1. The summed E-state index contributed by atoms with van der Waals surface area (Å²) in [7, 11) is 0. The summed E-state index contributed by atoms with van der Waals surface area (Å²) < 4.78 is 6.41. The summed E-state index contributed by atoms with van der Waals surface area (Å²) in [6, 6.07) is 0. The summed E-state index contributed by atoms with van der Waals surface area (Å²) in [5, 5.41) is 0. The zero-order chi connectivity index (χ0) is 13.8. The van der Waals surface area contributed by atoms with E-state index in [1.165, 1.54) is 57.8 Å². The van der Waals surface area contributed by atoms with E-state index in [-0.39, 0.29) is 11.2 Å². The van der Waals surface area contributed by atoms with Crippen molar-refractivity contribution in [2.75, 3.05) is 0 Å². The standard InChI is InChI=1S/C18H30O/c1-4-7-11-16-12-10-14-17(13-8-5-2)18(16,19-17)15-9-6-3/h10,12,14H,4-9,11,13,15H2,1-3H3. The smallest absolute Gasteiger partial charge is 0.123 e. The van der Waals surface area contributed by atoms with Crippen LogP contribution in [0, 0.1) is 0 Å². The van der Waals surface area contributed by atoms with E-state index in [9.17, 15) is 0 Å². The first-order chi connectivity index (χ1) is 9.24. The molecule has 0 amide bonds. The van der Waals surface area contributed by atoms with Gasteiger partial charge in [0.2, 0.25) is 0 Å². The highest BCUT2D eigenvalue weighted by molar-refractivity contribution is 5.45. The Bertz CT molecular complexity index is 355. The first-order valence-electron chi connectivity index (χ1n) is 8.33. The third kappa shape index (κ3) is 2.67. The number of hydrogen-bond donors (Lipinski definition) is 0. The van der Waals surface area contributed by atoms with E-state index in [1.54, 1.807) is 5.57 Å². The van der Waals surface area contributed by atoms with Crippen molar-refractivity contribution >= 4 is 0 Å². The third-order valence-corrected chi connectivity index (χ3v) is 4.76. The Kier molecular flexibility index (Phi) is 4.89. The van der Waals surface area contributed by atoms with Crippen LogP contribution in [0.15, 0.2) is 23.8 Å². The highest BCUT2D eigenvalue weighted by Crippen LogP contribution is 2.61. The molecule has 2 unspecified atom stereocenters. The van der Waals surface area contributed by atoms with Gasteiger partial charge in [-0.2, -0.15) is 0 Å². The molecular formula is C18H30O. The highest BCUT2D eigenvalue weighted by atomic mass is 16.6. The maximum atomic E-state index is 6.41. The van der Waals surface area contributed by atoms with Crippen LogP contribution in [-0.2, 0) is 4.74 Å². The number of unbranched alkanes of at least 4 members (excludes halogenated alkanes) is 3. The summed E-state index contributed by atoms with van der Waals surface area (Å²) in [5.74, 6) is 0. The number of epoxide rings is 1. The Hall–Kier alpha value is -0.560. The zero-order valence-electron chi connectivity index (χ0n) is 13.0. The van der Waals surface area contributed by atoms with Gasteiger partial charge in [-0.05, 0) is 37.3 Å². The van der Waals surface area contributed by atoms with Gasteiger partial charge in [-0.3, -0.25) is 0 Å². The van der Waals surface area contributed by atoms with Gasteiger partial charge in [-0.1, -0.05) is 65.0 Å². The Balaban J connectivity index is 2.11. The van der Waals surface area contributed by atoms with E-state index >= 15 is 0 Å². The molecule has 2 rings (SSSR count). The van der Waals surface area contributed by atoms with Gasteiger partial charge in [0.1, 0.15) is 11.2 Å². The molecule has 0 aromatic heterocycles. The van der Waals surface area contributed by atoms with Crippen LogP contribution in [0.4, 0.5) is 0 Å². The molecule has 0 spiro atoms. The molecule has 1 heterocycles.